The molecule has 0 aliphatic carbocycles. The molecule has 0 aromatic heterocycles. The summed E-state index contributed by atoms with van der Waals surface area (Å²) >= 11 is 2.11. The Morgan fingerprint density at radius 2 is 2.22 bits per heavy atom. The molecule has 1 rings (SSSR count). The number of nitrogens with zero attached hydrogens (tertiary/aromatic N) is 1. The lowest BCUT2D eigenvalue weighted by molar-refractivity contribution is 0.139. The van der Waals surface area contributed by atoms with E-state index < -0.39 is 0 Å². The number of nitrogens with one attached hydrogen (secondary N) is 1. The minimum Gasteiger partial charge on any atom is -0.382 e. The third kappa shape index (κ3) is 5.47. The van der Waals surface area contributed by atoms with Crippen molar-refractivity contribution >= 4 is 11.8 Å². The van der Waals surface area contributed by atoms with Gasteiger partial charge < -0.3 is 10.1 Å². The molecule has 1 N–H and O–H groups in total. The molecule has 0 amide bonds. The van der Waals surface area contributed by atoms with E-state index >= 15 is 0 Å². The van der Waals surface area contributed by atoms with Crippen LogP contribution < -0.4 is 5.32 Å². The summed E-state index contributed by atoms with van der Waals surface area (Å²) in [5, 5.41) is 4.31. The molecule has 0 spiro atoms. The second-order valence-electron chi connectivity index (χ2n) is 5.16. The van der Waals surface area contributed by atoms with Crippen molar-refractivity contribution in [3.8, 4) is 0 Å². The summed E-state index contributed by atoms with van der Waals surface area (Å²) in [7, 11) is 0. The molecule has 1 saturated heterocycles. The molecule has 1 heterocycles. The standard InChI is InChI=1S/C14H30N2OS/c1-5-17-9-6-7-15-11-12(2)16-8-10-18-14(4)13(16)3/h12-15H,5-11H2,1-4H3. The second-order valence-corrected chi connectivity index (χ2v) is 6.64. The zero-order chi connectivity index (χ0) is 13.4. The summed E-state index contributed by atoms with van der Waals surface area (Å²) in [6, 6.07) is 1.33. The van der Waals surface area contributed by atoms with Crippen LogP contribution in [0.5, 0.6) is 0 Å². The van der Waals surface area contributed by atoms with E-state index in [0.29, 0.717) is 12.1 Å². The molecule has 3 nitrogen and oxygen atoms in total. The Morgan fingerprint density at radius 3 is 2.94 bits per heavy atom. The number of rotatable bonds is 8. The van der Waals surface area contributed by atoms with Gasteiger partial charge in [-0.1, -0.05) is 6.92 Å². The number of hydrogen-bond donors (Lipinski definition) is 1. The molecule has 0 radical (unpaired) electrons. The SMILES string of the molecule is CCOCCCNCC(C)N1CCSC(C)C1C. The largest absolute Gasteiger partial charge is 0.382 e. The third-order valence-electron chi connectivity index (χ3n) is 3.78. The maximum atomic E-state index is 5.33. The van der Waals surface area contributed by atoms with Crippen molar-refractivity contribution in [2.45, 2.75) is 51.4 Å². The van der Waals surface area contributed by atoms with Crippen LogP contribution >= 0.6 is 11.8 Å². The molecule has 0 saturated carbocycles. The quantitative estimate of drug-likeness (QED) is 0.686. The van der Waals surface area contributed by atoms with E-state index in [1.807, 2.05) is 6.92 Å². The second kappa shape index (κ2) is 9.18. The first kappa shape index (κ1) is 16.3. The monoisotopic (exact) mass is 274 g/mol. The van der Waals surface area contributed by atoms with Gasteiger partial charge in [-0.2, -0.15) is 11.8 Å². The van der Waals surface area contributed by atoms with Gasteiger partial charge in [0, 0.05) is 49.4 Å². The molecule has 1 aliphatic rings. The van der Waals surface area contributed by atoms with Crippen LogP contribution in [0.2, 0.25) is 0 Å². The summed E-state index contributed by atoms with van der Waals surface area (Å²) in [5.41, 5.74) is 0. The van der Waals surface area contributed by atoms with Crippen LogP contribution in [0.25, 0.3) is 0 Å². The highest BCUT2D eigenvalue weighted by Crippen LogP contribution is 2.25. The topological polar surface area (TPSA) is 24.5 Å². The van der Waals surface area contributed by atoms with Gasteiger partial charge in [-0.05, 0) is 33.7 Å². The van der Waals surface area contributed by atoms with Gasteiger partial charge in [0.25, 0.3) is 0 Å². The van der Waals surface area contributed by atoms with Crippen molar-refractivity contribution in [3.63, 3.8) is 0 Å². The first-order valence-corrected chi connectivity index (χ1v) is 8.37. The fraction of sp³-hybridized carbons (Fsp3) is 1.00. The van der Waals surface area contributed by atoms with E-state index in [4.69, 9.17) is 4.74 Å². The summed E-state index contributed by atoms with van der Waals surface area (Å²) in [6.07, 6.45) is 1.11. The van der Waals surface area contributed by atoms with Crippen LogP contribution in [-0.4, -0.2) is 60.8 Å². The average molecular weight is 274 g/mol. The summed E-state index contributed by atoms with van der Waals surface area (Å²) in [4.78, 5) is 2.65. The van der Waals surface area contributed by atoms with Crippen LogP contribution in [0.1, 0.15) is 34.1 Å². The van der Waals surface area contributed by atoms with E-state index in [9.17, 15) is 0 Å². The van der Waals surface area contributed by atoms with Crippen LogP contribution in [0.3, 0.4) is 0 Å². The minimum absolute atomic E-state index is 0.635. The van der Waals surface area contributed by atoms with Gasteiger partial charge >= 0.3 is 0 Å². The van der Waals surface area contributed by atoms with Crippen molar-refractivity contribution in [3.05, 3.63) is 0 Å². The lowest BCUT2D eigenvalue weighted by atomic mass is 10.1. The normalized spacial score (nSPS) is 27.3. The maximum Gasteiger partial charge on any atom is 0.0477 e. The molecular formula is C14H30N2OS. The molecule has 1 fully saturated rings. The Balaban J connectivity index is 2.13. The lowest BCUT2D eigenvalue weighted by Gasteiger charge is -2.41. The Bertz CT molecular complexity index is 216. The first-order chi connectivity index (χ1) is 8.66. The van der Waals surface area contributed by atoms with Gasteiger partial charge in [0.2, 0.25) is 0 Å². The molecule has 3 unspecified atom stereocenters. The summed E-state index contributed by atoms with van der Waals surface area (Å²) in [6.45, 7) is 14.2. The molecule has 18 heavy (non-hydrogen) atoms. The molecule has 4 heteroatoms. The summed E-state index contributed by atoms with van der Waals surface area (Å²) in [5.74, 6) is 1.28. The molecule has 0 aromatic rings. The predicted molar refractivity (Wildman–Crippen MR) is 81.5 cm³/mol. The van der Waals surface area contributed by atoms with Gasteiger partial charge in [-0.25, -0.2) is 0 Å². The average Bonchev–Trinajstić information content (AvgIpc) is 2.36. The van der Waals surface area contributed by atoms with Crippen molar-refractivity contribution in [2.24, 2.45) is 0 Å². The summed E-state index contributed by atoms with van der Waals surface area (Å²) < 4.78 is 5.33. The predicted octanol–water partition coefficient (Wildman–Crippen LogP) is 2.22. The van der Waals surface area contributed by atoms with Crippen LogP contribution in [0.4, 0.5) is 0 Å². The van der Waals surface area contributed by atoms with E-state index in [1.54, 1.807) is 0 Å². The Hall–Kier alpha value is 0.230. The van der Waals surface area contributed by atoms with Gasteiger partial charge in [-0.3, -0.25) is 4.90 Å². The van der Waals surface area contributed by atoms with E-state index in [2.05, 4.69) is 42.7 Å². The third-order valence-corrected chi connectivity index (χ3v) is 5.12. The van der Waals surface area contributed by atoms with E-state index in [1.165, 1.54) is 12.3 Å². The molecule has 108 valence electrons. The Morgan fingerprint density at radius 1 is 1.44 bits per heavy atom. The zero-order valence-corrected chi connectivity index (χ0v) is 13.3. The van der Waals surface area contributed by atoms with Crippen LogP contribution in [0, 0.1) is 0 Å². The smallest absolute Gasteiger partial charge is 0.0477 e. The van der Waals surface area contributed by atoms with Crippen molar-refractivity contribution in [2.75, 3.05) is 38.6 Å². The zero-order valence-electron chi connectivity index (χ0n) is 12.4. The molecule has 0 bridgehead atoms. The number of ether oxygens (including phenoxy) is 1. The molecule has 1 aliphatic heterocycles. The first-order valence-electron chi connectivity index (χ1n) is 7.32. The van der Waals surface area contributed by atoms with E-state index in [-0.39, 0.29) is 0 Å². The van der Waals surface area contributed by atoms with E-state index in [0.717, 1.165) is 38.0 Å². The Kier molecular flexibility index (Phi) is 8.31. The molecule has 3 atom stereocenters. The van der Waals surface area contributed by atoms with Crippen molar-refractivity contribution < 1.29 is 4.74 Å². The van der Waals surface area contributed by atoms with Gasteiger partial charge in [0.1, 0.15) is 0 Å². The molecule has 0 aromatic carbocycles. The van der Waals surface area contributed by atoms with Crippen molar-refractivity contribution in [1.29, 1.82) is 0 Å². The van der Waals surface area contributed by atoms with Gasteiger partial charge in [-0.15, -0.1) is 0 Å². The fourth-order valence-electron chi connectivity index (χ4n) is 2.45. The maximum absolute atomic E-state index is 5.33. The highest BCUT2D eigenvalue weighted by Gasteiger charge is 2.28. The fourth-order valence-corrected chi connectivity index (χ4v) is 3.57. The highest BCUT2D eigenvalue weighted by atomic mass is 32.2. The van der Waals surface area contributed by atoms with Gasteiger partial charge in [0.15, 0.2) is 0 Å². The van der Waals surface area contributed by atoms with Gasteiger partial charge in [0.05, 0.1) is 0 Å². The van der Waals surface area contributed by atoms with Crippen LogP contribution in [-0.2, 0) is 4.74 Å². The van der Waals surface area contributed by atoms with Crippen LogP contribution in [0.15, 0.2) is 0 Å². The number of thioether (sulfide) groups is 1. The minimum atomic E-state index is 0.635. The molecular weight excluding hydrogens is 244 g/mol. The Labute approximate surface area is 117 Å². The lowest BCUT2D eigenvalue weighted by Crippen LogP contribution is -2.52. The highest BCUT2D eigenvalue weighted by molar-refractivity contribution is 8.00. The number of hydrogen-bond acceptors (Lipinski definition) is 4. The van der Waals surface area contributed by atoms with Crippen molar-refractivity contribution in [1.82, 2.24) is 10.2 Å².